The van der Waals surface area contributed by atoms with Crippen LogP contribution in [0.1, 0.15) is 0 Å². The first kappa shape index (κ1) is 43.7. The number of fused-ring (bicyclic) bond motifs is 7. The normalized spacial score (nSPS) is 11.5. The first-order chi connectivity index (χ1) is 36.6. The van der Waals surface area contributed by atoms with Crippen LogP contribution in [0.15, 0.2) is 279 Å². The van der Waals surface area contributed by atoms with Gasteiger partial charge in [-0.05, 0) is 152 Å². The maximum Gasteiger partial charge on any atom is 0.0476 e. The highest BCUT2D eigenvalue weighted by Crippen LogP contribution is 2.46. The van der Waals surface area contributed by atoms with Gasteiger partial charge in [0.2, 0.25) is 0 Å². The Morgan fingerprint density at radius 2 is 0.432 bits per heavy atom. The standard InChI is InChI=1S/C70H46N2S2/c1-5-13-47(14-6-1)51-21-29-57(30-22-51)71(58-31-23-52(24-32-58)48-15-7-2-8-16-48)61-37-39-63-65-41-55-42-66-64-40-38-62(46-70(64)74-68(66)44-56(55)43-67(65)73-69(63)45-61)72(59-33-25-53(26-34-59)49-17-9-3-10-18-49)60-35-27-54(28-36-60)50-19-11-4-12-20-50/h1-46H. The third-order valence-electron chi connectivity index (χ3n) is 14.4. The molecule has 0 atom stereocenters. The third-order valence-corrected chi connectivity index (χ3v) is 16.7. The zero-order valence-electron chi connectivity index (χ0n) is 40.3. The first-order valence-corrected chi connectivity index (χ1v) is 26.8. The van der Waals surface area contributed by atoms with Crippen molar-refractivity contribution in [1.29, 1.82) is 0 Å². The van der Waals surface area contributed by atoms with Gasteiger partial charge in [-0.15, -0.1) is 22.7 Å². The summed E-state index contributed by atoms with van der Waals surface area (Å²) in [7, 11) is 0. The minimum Gasteiger partial charge on any atom is -0.310 e. The summed E-state index contributed by atoms with van der Waals surface area (Å²) in [5, 5.41) is 7.67. The molecule has 0 fully saturated rings. The second kappa shape index (κ2) is 18.5. The van der Waals surface area contributed by atoms with E-state index in [9.17, 15) is 0 Å². The Morgan fingerprint density at radius 3 is 0.730 bits per heavy atom. The molecule has 14 rings (SSSR count). The number of anilines is 6. The highest BCUT2D eigenvalue weighted by Gasteiger charge is 2.19. The lowest BCUT2D eigenvalue weighted by Crippen LogP contribution is -2.09. The molecule has 2 heterocycles. The Hall–Kier alpha value is -9.06. The van der Waals surface area contributed by atoms with Crippen LogP contribution in [0.25, 0.3) is 95.6 Å². The Labute approximate surface area is 438 Å². The number of rotatable bonds is 10. The monoisotopic (exact) mass is 978 g/mol. The summed E-state index contributed by atoms with van der Waals surface area (Å²) in [5.41, 5.74) is 16.4. The molecule has 4 heteroatoms. The average molecular weight is 979 g/mol. The quantitative estimate of drug-likeness (QED) is 0.135. The number of hydrogen-bond donors (Lipinski definition) is 0. The lowest BCUT2D eigenvalue weighted by atomic mass is 10.0. The minimum absolute atomic E-state index is 1.12. The van der Waals surface area contributed by atoms with Crippen LogP contribution in [0.2, 0.25) is 0 Å². The van der Waals surface area contributed by atoms with Gasteiger partial charge in [0, 0.05) is 74.5 Å². The molecular weight excluding hydrogens is 933 g/mol. The van der Waals surface area contributed by atoms with Crippen molar-refractivity contribution < 1.29 is 0 Å². The molecule has 0 aliphatic rings. The van der Waals surface area contributed by atoms with E-state index in [1.165, 1.54) is 95.6 Å². The summed E-state index contributed by atoms with van der Waals surface area (Å²) in [6, 6.07) is 102. The van der Waals surface area contributed by atoms with Gasteiger partial charge in [0.05, 0.1) is 0 Å². The van der Waals surface area contributed by atoms with E-state index in [0.717, 1.165) is 34.1 Å². The van der Waals surface area contributed by atoms with Crippen LogP contribution in [-0.2, 0) is 0 Å². The van der Waals surface area contributed by atoms with Crippen LogP contribution in [0, 0.1) is 0 Å². The van der Waals surface area contributed by atoms with Gasteiger partial charge < -0.3 is 9.80 Å². The molecule has 12 aromatic carbocycles. The van der Waals surface area contributed by atoms with Crippen molar-refractivity contribution in [2.75, 3.05) is 9.80 Å². The predicted molar refractivity (Wildman–Crippen MR) is 321 cm³/mol. The number of benzene rings is 12. The van der Waals surface area contributed by atoms with Gasteiger partial charge in [0.15, 0.2) is 0 Å². The molecule has 0 unspecified atom stereocenters. The first-order valence-electron chi connectivity index (χ1n) is 25.1. The van der Waals surface area contributed by atoms with Crippen LogP contribution >= 0.6 is 22.7 Å². The molecule has 0 saturated heterocycles. The van der Waals surface area contributed by atoms with E-state index in [0.29, 0.717) is 0 Å². The fourth-order valence-electron chi connectivity index (χ4n) is 10.7. The molecule has 0 aliphatic heterocycles. The van der Waals surface area contributed by atoms with Gasteiger partial charge in [-0.2, -0.15) is 0 Å². The van der Waals surface area contributed by atoms with E-state index in [2.05, 4.69) is 289 Å². The molecule has 2 nitrogen and oxygen atoms in total. The molecule has 0 radical (unpaired) electrons. The molecule has 0 amide bonds. The molecule has 0 N–H and O–H groups in total. The summed E-state index contributed by atoms with van der Waals surface area (Å²) in [6.07, 6.45) is 0. The fraction of sp³-hybridized carbons (Fsp3) is 0. The van der Waals surface area contributed by atoms with Crippen LogP contribution in [0.3, 0.4) is 0 Å². The lowest BCUT2D eigenvalue weighted by Gasteiger charge is -2.26. The second-order valence-corrected chi connectivity index (χ2v) is 21.1. The molecule has 0 spiro atoms. The Bertz CT molecular complexity index is 3860. The maximum absolute atomic E-state index is 2.42. The molecule has 0 bridgehead atoms. The van der Waals surface area contributed by atoms with Crippen molar-refractivity contribution in [3.63, 3.8) is 0 Å². The van der Waals surface area contributed by atoms with Crippen molar-refractivity contribution in [2.45, 2.75) is 0 Å². The third kappa shape index (κ3) is 8.07. The second-order valence-electron chi connectivity index (χ2n) is 18.9. The van der Waals surface area contributed by atoms with E-state index in [1.807, 2.05) is 22.7 Å². The van der Waals surface area contributed by atoms with E-state index < -0.39 is 0 Å². The zero-order chi connectivity index (χ0) is 49.0. The Kier molecular flexibility index (Phi) is 10.9. The van der Waals surface area contributed by atoms with Crippen LogP contribution in [0.5, 0.6) is 0 Å². The van der Waals surface area contributed by atoms with Gasteiger partial charge >= 0.3 is 0 Å². The van der Waals surface area contributed by atoms with Gasteiger partial charge in [0.25, 0.3) is 0 Å². The van der Waals surface area contributed by atoms with Crippen LogP contribution in [0.4, 0.5) is 34.1 Å². The summed E-state index contributed by atoms with van der Waals surface area (Å²) in [6.45, 7) is 0. The Morgan fingerprint density at radius 1 is 0.189 bits per heavy atom. The lowest BCUT2D eigenvalue weighted by molar-refractivity contribution is 1.29. The van der Waals surface area contributed by atoms with Crippen molar-refractivity contribution in [3.8, 4) is 44.5 Å². The fourth-order valence-corrected chi connectivity index (χ4v) is 13.0. The highest BCUT2D eigenvalue weighted by atomic mass is 32.1. The number of thiophene rings is 2. The van der Waals surface area contributed by atoms with E-state index in [1.54, 1.807) is 0 Å². The molecule has 2 aromatic heterocycles. The smallest absolute Gasteiger partial charge is 0.0476 e. The minimum atomic E-state index is 1.12. The van der Waals surface area contributed by atoms with Crippen LogP contribution in [-0.4, -0.2) is 0 Å². The topological polar surface area (TPSA) is 6.48 Å². The number of nitrogens with zero attached hydrogens (tertiary/aromatic N) is 2. The van der Waals surface area contributed by atoms with Gasteiger partial charge in [0.1, 0.15) is 0 Å². The van der Waals surface area contributed by atoms with E-state index >= 15 is 0 Å². The predicted octanol–water partition coefficient (Wildman–Crippen LogP) is 21.2. The highest BCUT2D eigenvalue weighted by molar-refractivity contribution is 7.26. The molecular formula is C70H46N2S2. The Balaban J connectivity index is 0.826. The SMILES string of the molecule is c1ccc(-c2ccc(N(c3ccc(-c4ccccc4)cc3)c3ccc4c(c3)sc3cc5cc6sc7cc(N(c8ccc(-c9ccccc9)cc8)c8ccc(-c9ccccc9)cc8)ccc7c6cc5cc34)cc2)cc1. The van der Waals surface area contributed by atoms with Crippen LogP contribution < -0.4 is 9.80 Å². The van der Waals surface area contributed by atoms with E-state index in [4.69, 9.17) is 0 Å². The molecule has 74 heavy (non-hydrogen) atoms. The summed E-state index contributed by atoms with van der Waals surface area (Å²) in [4.78, 5) is 4.77. The molecule has 14 aromatic rings. The molecule has 0 saturated carbocycles. The van der Waals surface area contributed by atoms with Crippen molar-refractivity contribution in [2.24, 2.45) is 0 Å². The average Bonchev–Trinajstić information content (AvgIpc) is 4.03. The molecule has 348 valence electrons. The van der Waals surface area contributed by atoms with Crippen molar-refractivity contribution >= 4 is 108 Å². The van der Waals surface area contributed by atoms with Crippen molar-refractivity contribution in [3.05, 3.63) is 279 Å². The van der Waals surface area contributed by atoms with Gasteiger partial charge in [-0.1, -0.05) is 182 Å². The summed E-state index contributed by atoms with van der Waals surface area (Å²) in [5.74, 6) is 0. The molecule has 0 aliphatic carbocycles. The zero-order valence-corrected chi connectivity index (χ0v) is 41.9. The van der Waals surface area contributed by atoms with Gasteiger partial charge in [-0.25, -0.2) is 0 Å². The number of hydrogen-bond acceptors (Lipinski definition) is 4. The van der Waals surface area contributed by atoms with E-state index in [-0.39, 0.29) is 0 Å². The van der Waals surface area contributed by atoms with Gasteiger partial charge in [-0.3, -0.25) is 0 Å². The maximum atomic E-state index is 2.42. The largest absolute Gasteiger partial charge is 0.310 e. The summed E-state index contributed by atoms with van der Waals surface area (Å²) < 4.78 is 5.14. The summed E-state index contributed by atoms with van der Waals surface area (Å²) >= 11 is 3.76. The van der Waals surface area contributed by atoms with Crippen molar-refractivity contribution in [1.82, 2.24) is 0 Å².